The number of carbonyl (C=O) groups excluding carboxylic acids is 3. The van der Waals surface area contributed by atoms with Crippen molar-refractivity contribution >= 4 is 27.6 Å². The van der Waals surface area contributed by atoms with Crippen LogP contribution in [-0.4, -0.2) is 69.5 Å². The first-order valence-corrected chi connectivity index (χ1v) is 8.54. The summed E-state index contributed by atoms with van der Waals surface area (Å²) in [5, 5.41) is 2.36. The lowest BCUT2D eigenvalue weighted by molar-refractivity contribution is -0.130. The quantitative estimate of drug-likeness (QED) is 0.677. The largest absolute Gasteiger partial charge is 0.347 e. The summed E-state index contributed by atoms with van der Waals surface area (Å²) in [6, 6.07) is 5.46. The van der Waals surface area contributed by atoms with E-state index < -0.39 is 22.5 Å². The van der Waals surface area contributed by atoms with Crippen LogP contribution in [-0.2, 0) is 19.6 Å². The maximum Gasteiger partial charge on any atom is 0.243 e. The molecule has 9 heteroatoms. The Balaban J connectivity index is 2.74. The molecular weight excluding hydrogens is 334 g/mol. The van der Waals surface area contributed by atoms with E-state index in [1.165, 1.54) is 43.1 Å². The van der Waals surface area contributed by atoms with Crippen LogP contribution in [0.25, 0.3) is 0 Å². The Morgan fingerprint density at radius 3 is 2.04 bits per heavy atom. The second-order valence-electron chi connectivity index (χ2n) is 5.41. The number of nitrogens with zero attached hydrogens (tertiary/aromatic N) is 2. The van der Waals surface area contributed by atoms with Gasteiger partial charge in [0, 0.05) is 26.7 Å². The number of amides is 2. The molecule has 24 heavy (non-hydrogen) atoms. The average Bonchev–Trinajstić information content (AvgIpc) is 2.52. The van der Waals surface area contributed by atoms with Crippen LogP contribution in [0.15, 0.2) is 29.2 Å². The third kappa shape index (κ3) is 5.14. The van der Waals surface area contributed by atoms with Crippen molar-refractivity contribution in [2.24, 2.45) is 0 Å². The van der Waals surface area contributed by atoms with Gasteiger partial charge in [0.2, 0.25) is 21.8 Å². The highest BCUT2D eigenvalue weighted by Crippen LogP contribution is 2.15. The number of benzene rings is 1. The van der Waals surface area contributed by atoms with E-state index in [1.54, 1.807) is 14.1 Å². The summed E-state index contributed by atoms with van der Waals surface area (Å²) < 4.78 is 25.6. The zero-order valence-electron chi connectivity index (χ0n) is 14.1. The van der Waals surface area contributed by atoms with E-state index in [-0.39, 0.29) is 23.1 Å². The molecule has 0 aliphatic carbocycles. The van der Waals surface area contributed by atoms with Crippen LogP contribution < -0.4 is 5.32 Å². The highest BCUT2D eigenvalue weighted by molar-refractivity contribution is 7.89. The average molecular weight is 355 g/mol. The van der Waals surface area contributed by atoms with Crippen LogP contribution in [0, 0.1) is 0 Å². The van der Waals surface area contributed by atoms with Gasteiger partial charge in [-0.25, -0.2) is 8.42 Å². The van der Waals surface area contributed by atoms with Gasteiger partial charge in [-0.2, -0.15) is 4.31 Å². The number of ketones is 1. The maximum absolute atomic E-state index is 12.4. The Morgan fingerprint density at radius 1 is 1.04 bits per heavy atom. The standard InChI is InChI=1S/C15H21N3O5S/c1-11(19)12-5-7-13(8-6-12)24(22,23)18(4)10-14(20)16-9-15(21)17(2)3/h5-8H,9-10H2,1-4H3,(H,16,20). The lowest BCUT2D eigenvalue weighted by Crippen LogP contribution is -2.42. The van der Waals surface area contributed by atoms with Crippen LogP contribution in [0.5, 0.6) is 0 Å². The molecule has 0 saturated heterocycles. The fourth-order valence-corrected chi connectivity index (χ4v) is 2.84. The van der Waals surface area contributed by atoms with Gasteiger partial charge in [-0.1, -0.05) is 12.1 Å². The first-order chi connectivity index (χ1) is 11.1. The highest BCUT2D eigenvalue weighted by atomic mass is 32.2. The zero-order chi connectivity index (χ0) is 18.5. The lowest BCUT2D eigenvalue weighted by Gasteiger charge is -2.17. The van der Waals surface area contributed by atoms with Crippen LogP contribution in [0.4, 0.5) is 0 Å². The SMILES string of the molecule is CC(=O)c1ccc(S(=O)(=O)N(C)CC(=O)NCC(=O)N(C)C)cc1. The number of carbonyl (C=O) groups is 3. The Hall–Kier alpha value is -2.26. The Bertz CT molecular complexity index is 726. The van der Waals surface area contributed by atoms with E-state index in [1.807, 2.05) is 0 Å². The van der Waals surface area contributed by atoms with Crippen molar-refractivity contribution in [3.8, 4) is 0 Å². The second kappa shape index (κ2) is 8.02. The molecule has 0 heterocycles. The molecule has 1 aromatic carbocycles. The van der Waals surface area contributed by atoms with Crippen molar-refractivity contribution in [2.75, 3.05) is 34.2 Å². The number of Topliss-reactive ketones (excluding diaryl/α,β-unsaturated/α-hetero) is 1. The summed E-state index contributed by atoms with van der Waals surface area (Å²) >= 11 is 0. The number of hydrogen-bond acceptors (Lipinski definition) is 5. The molecule has 0 unspecified atom stereocenters. The Morgan fingerprint density at radius 2 is 1.58 bits per heavy atom. The number of nitrogens with one attached hydrogen (secondary N) is 1. The van der Waals surface area contributed by atoms with Crippen molar-refractivity contribution in [1.82, 2.24) is 14.5 Å². The molecule has 132 valence electrons. The molecule has 8 nitrogen and oxygen atoms in total. The minimum Gasteiger partial charge on any atom is -0.347 e. The molecule has 0 spiro atoms. The molecule has 1 N–H and O–H groups in total. The zero-order valence-corrected chi connectivity index (χ0v) is 14.9. The van der Waals surface area contributed by atoms with Gasteiger partial charge in [0.25, 0.3) is 0 Å². The van der Waals surface area contributed by atoms with E-state index >= 15 is 0 Å². The normalized spacial score (nSPS) is 11.2. The molecule has 0 bridgehead atoms. The van der Waals surface area contributed by atoms with Gasteiger partial charge < -0.3 is 10.2 Å². The van der Waals surface area contributed by atoms with Crippen molar-refractivity contribution in [1.29, 1.82) is 0 Å². The smallest absolute Gasteiger partial charge is 0.243 e. The molecule has 1 rings (SSSR count). The number of rotatable bonds is 7. The van der Waals surface area contributed by atoms with E-state index in [2.05, 4.69) is 5.32 Å². The van der Waals surface area contributed by atoms with E-state index in [4.69, 9.17) is 0 Å². The summed E-state index contributed by atoms with van der Waals surface area (Å²) in [5.74, 6) is -1.05. The number of sulfonamides is 1. The van der Waals surface area contributed by atoms with Gasteiger partial charge >= 0.3 is 0 Å². The molecule has 0 aliphatic rings. The monoisotopic (exact) mass is 355 g/mol. The number of likely N-dealkylation sites (N-methyl/N-ethyl adjacent to an activating group) is 2. The van der Waals surface area contributed by atoms with Crippen molar-refractivity contribution in [2.45, 2.75) is 11.8 Å². The lowest BCUT2D eigenvalue weighted by atomic mass is 10.2. The van der Waals surface area contributed by atoms with E-state index in [9.17, 15) is 22.8 Å². The second-order valence-corrected chi connectivity index (χ2v) is 7.45. The molecule has 0 aliphatic heterocycles. The molecule has 0 radical (unpaired) electrons. The minimum absolute atomic E-state index is 0.0211. The summed E-state index contributed by atoms with van der Waals surface area (Å²) in [7, 11) is 0.503. The maximum atomic E-state index is 12.4. The van der Waals surface area contributed by atoms with Crippen LogP contribution in [0.2, 0.25) is 0 Å². The van der Waals surface area contributed by atoms with E-state index in [0.29, 0.717) is 5.56 Å². The molecular formula is C15H21N3O5S. The predicted octanol–water partition coefficient (Wildman–Crippen LogP) is -0.286. The summed E-state index contributed by atoms with van der Waals surface area (Å²) in [5.41, 5.74) is 0.400. The highest BCUT2D eigenvalue weighted by Gasteiger charge is 2.23. The third-order valence-corrected chi connectivity index (χ3v) is 5.09. The van der Waals surface area contributed by atoms with Crippen molar-refractivity contribution in [3.63, 3.8) is 0 Å². The van der Waals surface area contributed by atoms with Gasteiger partial charge in [0.1, 0.15) is 0 Å². The fraction of sp³-hybridized carbons (Fsp3) is 0.400. The van der Waals surface area contributed by atoms with Crippen LogP contribution in [0.1, 0.15) is 17.3 Å². The predicted molar refractivity (Wildman–Crippen MR) is 88.0 cm³/mol. The van der Waals surface area contributed by atoms with Gasteiger partial charge in [-0.15, -0.1) is 0 Å². The van der Waals surface area contributed by atoms with Gasteiger partial charge in [0.15, 0.2) is 5.78 Å². The first-order valence-electron chi connectivity index (χ1n) is 7.10. The topological polar surface area (TPSA) is 104 Å². The number of hydrogen-bond donors (Lipinski definition) is 1. The molecule has 0 saturated carbocycles. The van der Waals surface area contributed by atoms with Crippen LogP contribution in [0.3, 0.4) is 0 Å². The summed E-state index contributed by atoms with van der Waals surface area (Å²) in [6.07, 6.45) is 0. The van der Waals surface area contributed by atoms with Crippen LogP contribution >= 0.6 is 0 Å². The Kier molecular flexibility index (Phi) is 6.61. The minimum atomic E-state index is -3.87. The van der Waals surface area contributed by atoms with Gasteiger partial charge in [-0.3, -0.25) is 14.4 Å². The molecule has 0 aromatic heterocycles. The summed E-state index contributed by atoms with van der Waals surface area (Å²) in [4.78, 5) is 35.7. The molecule has 0 atom stereocenters. The van der Waals surface area contributed by atoms with Gasteiger partial charge in [0.05, 0.1) is 18.0 Å². The van der Waals surface area contributed by atoms with Crippen molar-refractivity contribution < 1.29 is 22.8 Å². The molecule has 0 fully saturated rings. The summed E-state index contributed by atoms with van der Waals surface area (Å²) in [6.45, 7) is 0.763. The Labute approximate surface area is 141 Å². The fourth-order valence-electron chi connectivity index (χ4n) is 1.72. The third-order valence-electron chi connectivity index (χ3n) is 3.27. The first kappa shape index (κ1) is 19.8. The molecule has 2 amide bonds. The van der Waals surface area contributed by atoms with E-state index in [0.717, 1.165) is 4.31 Å². The van der Waals surface area contributed by atoms with Gasteiger partial charge in [-0.05, 0) is 19.1 Å². The molecule has 1 aromatic rings. The van der Waals surface area contributed by atoms with Crippen molar-refractivity contribution in [3.05, 3.63) is 29.8 Å².